The van der Waals surface area contributed by atoms with Crippen LogP contribution in [0, 0.1) is 5.41 Å². The summed E-state index contributed by atoms with van der Waals surface area (Å²) in [5.41, 5.74) is 0.590. The minimum atomic E-state index is 0.590. The van der Waals surface area contributed by atoms with E-state index in [1.807, 2.05) is 0 Å². The third-order valence-electron chi connectivity index (χ3n) is 4.91. The van der Waals surface area contributed by atoms with E-state index in [1.54, 1.807) is 0 Å². The normalized spacial score (nSPS) is 31.2. The van der Waals surface area contributed by atoms with Crippen LogP contribution in [0.25, 0.3) is 0 Å². The van der Waals surface area contributed by atoms with Gasteiger partial charge >= 0.3 is 0 Å². The molecular formula is C16H32N2. The minimum absolute atomic E-state index is 0.590. The third kappa shape index (κ3) is 4.55. The number of hydrogen-bond donors (Lipinski definition) is 2. The summed E-state index contributed by atoms with van der Waals surface area (Å²) in [6, 6.07) is 2.21. The lowest BCUT2D eigenvalue weighted by atomic mass is 9.75. The molecule has 1 aliphatic heterocycles. The van der Waals surface area contributed by atoms with Gasteiger partial charge in [0.1, 0.15) is 0 Å². The van der Waals surface area contributed by atoms with Gasteiger partial charge in [0.05, 0.1) is 0 Å². The Balaban J connectivity index is 1.66. The Bertz CT molecular complexity index is 233. The van der Waals surface area contributed by atoms with Crippen molar-refractivity contribution >= 4 is 0 Å². The number of rotatable bonds is 4. The summed E-state index contributed by atoms with van der Waals surface area (Å²) >= 11 is 0. The Morgan fingerprint density at radius 3 is 2.50 bits per heavy atom. The molecule has 2 fully saturated rings. The van der Waals surface area contributed by atoms with E-state index in [-0.39, 0.29) is 0 Å². The molecule has 1 saturated carbocycles. The molecule has 0 radical (unpaired) electrons. The fourth-order valence-corrected chi connectivity index (χ4v) is 3.59. The highest BCUT2D eigenvalue weighted by Gasteiger charge is 2.27. The molecular weight excluding hydrogens is 220 g/mol. The molecule has 1 saturated heterocycles. The lowest BCUT2D eigenvalue weighted by molar-refractivity contribution is 0.195. The zero-order valence-corrected chi connectivity index (χ0v) is 12.6. The van der Waals surface area contributed by atoms with E-state index in [2.05, 4.69) is 31.4 Å². The highest BCUT2D eigenvalue weighted by molar-refractivity contribution is 4.85. The van der Waals surface area contributed by atoms with Gasteiger partial charge in [-0.05, 0) is 63.8 Å². The highest BCUT2D eigenvalue weighted by atomic mass is 15.0. The van der Waals surface area contributed by atoms with Gasteiger partial charge in [-0.2, -0.15) is 0 Å². The Morgan fingerprint density at radius 1 is 1.17 bits per heavy atom. The van der Waals surface area contributed by atoms with E-state index in [4.69, 9.17) is 0 Å². The maximum atomic E-state index is 3.86. The van der Waals surface area contributed by atoms with Crippen molar-refractivity contribution in [3.8, 4) is 0 Å². The second-order valence-electron chi connectivity index (χ2n) is 7.39. The molecule has 1 aliphatic carbocycles. The van der Waals surface area contributed by atoms with Gasteiger partial charge in [0, 0.05) is 18.1 Å². The van der Waals surface area contributed by atoms with Crippen molar-refractivity contribution in [1.29, 1.82) is 0 Å². The summed E-state index contributed by atoms with van der Waals surface area (Å²) in [6.07, 6.45) is 11.0. The maximum Gasteiger partial charge on any atom is 0.00817 e. The molecule has 106 valence electrons. The van der Waals surface area contributed by atoms with Crippen molar-refractivity contribution in [3.05, 3.63) is 0 Å². The summed E-state index contributed by atoms with van der Waals surface area (Å²) in [5.74, 6) is 0. The quantitative estimate of drug-likeness (QED) is 0.800. The molecule has 0 aromatic heterocycles. The minimum Gasteiger partial charge on any atom is -0.314 e. The van der Waals surface area contributed by atoms with Gasteiger partial charge in [0.15, 0.2) is 0 Å². The molecule has 2 rings (SSSR count). The molecule has 2 aliphatic rings. The van der Waals surface area contributed by atoms with Crippen LogP contribution in [0.1, 0.15) is 72.1 Å². The van der Waals surface area contributed by atoms with Crippen LogP contribution in [0.15, 0.2) is 0 Å². The largest absolute Gasteiger partial charge is 0.314 e. The van der Waals surface area contributed by atoms with E-state index in [9.17, 15) is 0 Å². The van der Waals surface area contributed by atoms with Gasteiger partial charge in [0.25, 0.3) is 0 Å². The van der Waals surface area contributed by atoms with Crippen LogP contribution in [0.3, 0.4) is 0 Å². The molecule has 2 atom stereocenters. The molecule has 18 heavy (non-hydrogen) atoms. The first-order valence-electron chi connectivity index (χ1n) is 8.05. The Kier molecular flexibility index (Phi) is 5.08. The fourth-order valence-electron chi connectivity index (χ4n) is 3.59. The number of nitrogens with one attached hydrogen (secondary N) is 2. The summed E-state index contributed by atoms with van der Waals surface area (Å²) < 4.78 is 0. The van der Waals surface area contributed by atoms with Crippen LogP contribution >= 0.6 is 0 Å². The second-order valence-corrected chi connectivity index (χ2v) is 7.39. The summed E-state index contributed by atoms with van der Waals surface area (Å²) in [7, 11) is 0. The fraction of sp³-hybridized carbons (Fsp3) is 1.00. The van der Waals surface area contributed by atoms with Crippen molar-refractivity contribution in [2.75, 3.05) is 6.54 Å². The van der Waals surface area contributed by atoms with Crippen LogP contribution in [0.5, 0.6) is 0 Å². The topological polar surface area (TPSA) is 24.1 Å². The van der Waals surface area contributed by atoms with Crippen molar-refractivity contribution in [1.82, 2.24) is 10.6 Å². The Labute approximate surface area is 113 Å². The standard InChI is InChI=1S/C16H32N2/c1-13(12-15-6-4-5-11-17-15)18-14-7-9-16(2,3)10-8-14/h13-15,17-18H,4-12H2,1-3H3. The number of piperidine rings is 1. The summed E-state index contributed by atoms with van der Waals surface area (Å²) in [6.45, 7) is 8.43. The average Bonchev–Trinajstić information content (AvgIpc) is 2.33. The molecule has 0 bridgehead atoms. The van der Waals surface area contributed by atoms with E-state index < -0.39 is 0 Å². The smallest absolute Gasteiger partial charge is 0.00817 e. The Hall–Kier alpha value is -0.0800. The van der Waals surface area contributed by atoms with Crippen molar-refractivity contribution in [2.45, 2.75) is 90.3 Å². The molecule has 2 unspecified atom stereocenters. The zero-order valence-electron chi connectivity index (χ0n) is 12.6. The summed E-state index contributed by atoms with van der Waals surface area (Å²) in [5, 5.41) is 7.52. The molecule has 2 heteroatoms. The van der Waals surface area contributed by atoms with Gasteiger partial charge in [-0.1, -0.05) is 20.3 Å². The molecule has 2 nitrogen and oxygen atoms in total. The van der Waals surface area contributed by atoms with Gasteiger partial charge in [-0.15, -0.1) is 0 Å². The first-order chi connectivity index (χ1) is 8.55. The maximum absolute atomic E-state index is 3.86. The molecule has 0 amide bonds. The third-order valence-corrected chi connectivity index (χ3v) is 4.91. The van der Waals surface area contributed by atoms with Crippen molar-refractivity contribution < 1.29 is 0 Å². The van der Waals surface area contributed by atoms with Crippen LogP contribution in [0.4, 0.5) is 0 Å². The average molecular weight is 252 g/mol. The molecule has 0 spiro atoms. The summed E-state index contributed by atoms with van der Waals surface area (Å²) in [4.78, 5) is 0. The van der Waals surface area contributed by atoms with Gasteiger partial charge in [-0.25, -0.2) is 0 Å². The van der Waals surface area contributed by atoms with Crippen LogP contribution in [-0.4, -0.2) is 24.7 Å². The number of hydrogen-bond acceptors (Lipinski definition) is 2. The first-order valence-corrected chi connectivity index (χ1v) is 8.05. The van der Waals surface area contributed by atoms with Crippen LogP contribution in [0.2, 0.25) is 0 Å². The second kappa shape index (κ2) is 6.38. The van der Waals surface area contributed by atoms with Crippen LogP contribution < -0.4 is 10.6 Å². The monoisotopic (exact) mass is 252 g/mol. The predicted octanol–water partition coefficient (Wildman–Crippen LogP) is 3.47. The molecule has 2 N–H and O–H groups in total. The lowest BCUT2D eigenvalue weighted by Crippen LogP contribution is -2.44. The van der Waals surface area contributed by atoms with E-state index in [0.29, 0.717) is 11.5 Å². The van der Waals surface area contributed by atoms with Gasteiger partial charge in [0.2, 0.25) is 0 Å². The van der Waals surface area contributed by atoms with Gasteiger partial charge < -0.3 is 10.6 Å². The van der Waals surface area contributed by atoms with Crippen molar-refractivity contribution in [2.24, 2.45) is 5.41 Å². The predicted molar refractivity (Wildman–Crippen MR) is 78.9 cm³/mol. The zero-order chi connectivity index (χ0) is 13.0. The highest BCUT2D eigenvalue weighted by Crippen LogP contribution is 2.35. The lowest BCUT2D eigenvalue weighted by Gasteiger charge is -2.36. The van der Waals surface area contributed by atoms with Crippen LogP contribution in [-0.2, 0) is 0 Å². The molecule has 0 aromatic rings. The van der Waals surface area contributed by atoms with E-state index in [1.165, 1.54) is 57.9 Å². The molecule has 0 aromatic carbocycles. The first kappa shape index (κ1) is 14.3. The SMILES string of the molecule is CC(CC1CCCCN1)NC1CCC(C)(C)CC1. The van der Waals surface area contributed by atoms with E-state index >= 15 is 0 Å². The molecule has 1 heterocycles. The van der Waals surface area contributed by atoms with Crippen molar-refractivity contribution in [3.63, 3.8) is 0 Å². The van der Waals surface area contributed by atoms with Gasteiger partial charge in [-0.3, -0.25) is 0 Å². The Morgan fingerprint density at radius 2 is 1.89 bits per heavy atom. The van der Waals surface area contributed by atoms with E-state index in [0.717, 1.165) is 12.1 Å².